The SMILES string of the molecule is C.CC/C=C\C/C=C\C/C=C\CCCCCCCC(C)(C)C. The predicted octanol–water partition coefficient (Wildman–Crippen LogP) is 8.26. The molecule has 0 heteroatoms. The fraction of sp³-hybridized carbons (Fsp3) is 0.727. The number of hydrogen-bond acceptors (Lipinski definition) is 0. The molecule has 22 heavy (non-hydrogen) atoms. The molecule has 0 fully saturated rings. The molecule has 0 radical (unpaired) electrons. The Balaban J connectivity index is 0. The van der Waals surface area contributed by atoms with Crippen molar-refractivity contribution >= 4 is 0 Å². The Kier molecular flexibility index (Phi) is 17.7. The van der Waals surface area contributed by atoms with Crippen LogP contribution in [0.5, 0.6) is 0 Å². The van der Waals surface area contributed by atoms with Gasteiger partial charge < -0.3 is 0 Å². The first-order valence-corrected chi connectivity index (χ1v) is 9.01. The highest BCUT2D eigenvalue weighted by atomic mass is 14.1. The molecule has 0 N–H and O–H groups in total. The molecule has 0 bridgehead atoms. The van der Waals surface area contributed by atoms with Crippen LogP contribution in [0, 0.1) is 5.41 Å². The Hall–Kier alpha value is -0.780. The smallest absolute Gasteiger partial charge is 0.0169 e. The summed E-state index contributed by atoms with van der Waals surface area (Å²) >= 11 is 0. The van der Waals surface area contributed by atoms with Crippen molar-refractivity contribution in [3.05, 3.63) is 36.5 Å². The average molecular weight is 307 g/mol. The summed E-state index contributed by atoms with van der Waals surface area (Å²) < 4.78 is 0. The van der Waals surface area contributed by atoms with Crippen LogP contribution >= 0.6 is 0 Å². The first-order chi connectivity index (χ1) is 10.1. The summed E-state index contributed by atoms with van der Waals surface area (Å²) in [6.45, 7) is 9.19. The summed E-state index contributed by atoms with van der Waals surface area (Å²) in [5, 5.41) is 0. The molecule has 0 spiro atoms. The van der Waals surface area contributed by atoms with Crippen LogP contribution in [0.25, 0.3) is 0 Å². The highest BCUT2D eigenvalue weighted by Crippen LogP contribution is 2.22. The Labute approximate surface area is 141 Å². The molecule has 0 saturated carbocycles. The molecule has 0 aromatic carbocycles. The summed E-state index contributed by atoms with van der Waals surface area (Å²) in [6, 6.07) is 0. The van der Waals surface area contributed by atoms with Crippen molar-refractivity contribution in [2.75, 3.05) is 0 Å². The average Bonchev–Trinajstić information content (AvgIpc) is 2.42. The quantitative estimate of drug-likeness (QED) is 0.251. The zero-order valence-electron chi connectivity index (χ0n) is 15.0. The van der Waals surface area contributed by atoms with E-state index in [9.17, 15) is 0 Å². The van der Waals surface area contributed by atoms with E-state index in [0.717, 1.165) is 19.3 Å². The van der Waals surface area contributed by atoms with Crippen molar-refractivity contribution < 1.29 is 0 Å². The van der Waals surface area contributed by atoms with E-state index in [1.54, 1.807) is 0 Å². The number of hydrogen-bond donors (Lipinski definition) is 0. The maximum absolute atomic E-state index is 2.35. The minimum absolute atomic E-state index is 0. The molecule has 0 amide bonds. The minimum atomic E-state index is 0. The van der Waals surface area contributed by atoms with Gasteiger partial charge in [0.05, 0.1) is 0 Å². The predicted molar refractivity (Wildman–Crippen MR) is 105 cm³/mol. The third-order valence-electron chi connectivity index (χ3n) is 3.58. The van der Waals surface area contributed by atoms with Crippen molar-refractivity contribution in [1.82, 2.24) is 0 Å². The van der Waals surface area contributed by atoms with Gasteiger partial charge in [0.1, 0.15) is 0 Å². The van der Waals surface area contributed by atoms with E-state index in [-0.39, 0.29) is 7.43 Å². The zero-order valence-corrected chi connectivity index (χ0v) is 15.0. The summed E-state index contributed by atoms with van der Waals surface area (Å²) in [5.41, 5.74) is 0.516. The maximum atomic E-state index is 2.35. The van der Waals surface area contributed by atoms with Crippen molar-refractivity contribution in [3.63, 3.8) is 0 Å². The van der Waals surface area contributed by atoms with E-state index in [4.69, 9.17) is 0 Å². The number of allylic oxidation sites excluding steroid dienone is 6. The first-order valence-electron chi connectivity index (χ1n) is 9.01. The molecular formula is C22H42. The summed E-state index contributed by atoms with van der Waals surface area (Å²) in [5.74, 6) is 0. The summed E-state index contributed by atoms with van der Waals surface area (Å²) in [7, 11) is 0. The molecule has 0 heterocycles. The Morgan fingerprint density at radius 1 is 0.636 bits per heavy atom. The molecule has 0 aromatic heterocycles. The lowest BCUT2D eigenvalue weighted by Crippen LogP contribution is -2.03. The van der Waals surface area contributed by atoms with Crippen LogP contribution in [0.4, 0.5) is 0 Å². The van der Waals surface area contributed by atoms with E-state index in [2.05, 4.69) is 64.2 Å². The van der Waals surface area contributed by atoms with E-state index in [0.29, 0.717) is 5.41 Å². The van der Waals surface area contributed by atoms with Crippen LogP contribution in [0.15, 0.2) is 36.5 Å². The van der Waals surface area contributed by atoms with Crippen LogP contribution in [0.2, 0.25) is 0 Å². The molecule has 0 unspecified atom stereocenters. The number of rotatable bonds is 12. The van der Waals surface area contributed by atoms with Crippen LogP contribution in [0.3, 0.4) is 0 Å². The van der Waals surface area contributed by atoms with Gasteiger partial charge in [-0.05, 0) is 43.9 Å². The van der Waals surface area contributed by atoms with Crippen molar-refractivity contribution in [2.45, 2.75) is 99.3 Å². The van der Waals surface area contributed by atoms with Crippen LogP contribution in [-0.4, -0.2) is 0 Å². The molecule has 0 aliphatic rings. The van der Waals surface area contributed by atoms with E-state index in [1.165, 1.54) is 44.9 Å². The fourth-order valence-corrected chi connectivity index (χ4v) is 2.27. The topological polar surface area (TPSA) is 0 Å². The van der Waals surface area contributed by atoms with E-state index >= 15 is 0 Å². The first kappa shape index (κ1) is 23.5. The molecule has 0 rings (SSSR count). The fourth-order valence-electron chi connectivity index (χ4n) is 2.27. The largest absolute Gasteiger partial charge is 0.0885 e. The number of unbranched alkanes of at least 4 members (excludes halogenated alkanes) is 5. The molecule has 0 aliphatic heterocycles. The second kappa shape index (κ2) is 16.6. The van der Waals surface area contributed by atoms with E-state index in [1.807, 2.05) is 0 Å². The lowest BCUT2D eigenvalue weighted by atomic mass is 9.89. The second-order valence-electron chi connectivity index (χ2n) is 7.16. The summed E-state index contributed by atoms with van der Waals surface area (Å²) in [4.78, 5) is 0. The third-order valence-corrected chi connectivity index (χ3v) is 3.58. The van der Waals surface area contributed by atoms with Crippen molar-refractivity contribution in [2.24, 2.45) is 5.41 Å². The van der Waals surface area contributed by atoms with Gasteiger partial charge in [-0.1, -0.05) is 97.3 Å². The van der Waals surface area contributed by atoms with Crippen LogP contribution < -0.4 is 0 Å². The molecule has 0 nitrogen and oxygen atoms in total. The lowest BCUT2D eigenvalue weighted by molar-refractivity contribution is 0.356. The van der Waals surface area contributed by atoms with Gasteiger partial charge in [0, 0.05) is 0 Å². The van der Waals surface area contributed by atoms with Gasteiger partial charge in [0.15, 0.2) is 0 Å². The zero-order chi connectivity index (χ0) is 15.8. The van der Waals surface area contributed by atoms with Gasteiger partial charge in [0.2, 0.25) is 0 Å². The molecule has 0 aliphatic carbocycles. The van der Waals surface area contributed by atoms with Gasteiger partial charge in [-0.25, -0.2) is 0 Å². The minimum Gasteiger partial charge on any atom is -0.0885 e. The third kappa shape index (κ3) is 21.5. The van der Waals surface area contributed by atoms with Gasteiger partial charge >= 0.3 is 0 Å². The monoisotopic (exact) mass is 306 g/mol. The van der Waals surface area contributed by atoms with Gasteiger partial charge in [-0.2, -0.15) is 0 Å². The highest BCUT2D eigenvalue weighted by molar-refractivity contribution is 4.96. The van der Waals surface area contributed by atoms with E-state index < -0.39 is 0 Å². The summed E-state index contributed by atoms with van der Waals surface area (Å²) in [6.07, 6.45) is 26.5. The van der Waals surface area contributed by atoms with Gasteiger partial charge in [-0.15, -0.1) is 0 Å². The van der Waals surface area contributed by atoms with Gasteiger partial charge in [0.25, 0.3) is 0 Å². The second-order valence-corrected chi connectivity index (χ2v) is 7.16. The molecular weight excluding hydrogens is 264 g/mol. The molecule has 0 aromatic rings. The van der Waals surface area contributed by atoms with Crippen molar-refractivity contribution in [1.29, 1.82) is 0 Å². The highest BCUT2D eigenvalue weighted by Gasteiger charge is 2.08. The van der Waals surface area contributed by atoms with Gasteiger partial charge in [-0.3, -0.25) is 0 Å². The Bertz CT molecular complexity index is 286. The lowest BCUT2D eigenvalue weighted by Gasteiger charge is -2.17. The van der Waals surface area contributed by atoms with Crippen molar-refractivity contribution in [3.8, 4) is 0 Å². The van der Waals surface area contributed by atoms with Crippen LogP contribution in [-0.2, 0) is 0 Å². The molecule has 0 atom stereocenters. The maximum Gasteiger partial charge on any atom is -0.0169 e. The normalized spacial score (nSPS) is 12.5. The Morgan fingerprint density at radius 2 is 1.14 bits per heavy atom. The standard InChI is InChI=1S/C21H38.CH4/c1-5-6-7-8-9-10-11-12-13-14-15-16-17-18-19-20-21(2,3)4;/h6-7,9-10,12-13H,5,8,11,14-20H2,1-4H3;1H4/b7-6-,10-9-,13-12-;. The molecule has 130 valence electrons. The van der Waals surface area contributed by atoms with Crippen LogP contribution in [0.1, 0.15) is 99.3 Å². The Morgan fingerprint density at radius 3 is 1.73 bits per heavy atom. The molecule has 0 saturated heterocycles.